The third kappa shape index (κ3) is 3.40. The molecule has 0 aromatic carbocycles. The van der Waals surface area contributed by atoms with Crippen molar-refractivity contribution in [1.82, 2.24) is 9.88 Å². The van der Waals surface area contributed by atoms with Crippen molar-refractivity contribution in [1.29, 1.82) is 0 Å². The first kappa shape index (κ1) is 15.7. The molecule has 1 aromatic rings. The van der Waals surface area contributed by atoms with Crippen LogP contribution in [0.4, 0.5) is 0 Å². The molecule has 2 aliphatic rings. The van der Waals surface area contributed by atoms with Crippen LogP contribution in [0.2, 0.25) is 0 Å². The van der Waals surface area contributed by atoms with Crippen molar-refractivity contribution in [2.45, 2.75) is 51.2 Å². The standard InChI is InChI=1S/C17H24N2O2S/c1-2-13-6-3-4-10-19(13)17(20)15-7-5-9-18-16(15)21-14-8-11-22-12-14/h5,7,9,13-14H,2-4,6,8,10-12H2,1H3. The number of amides is 1. The zero-order valence-corrected chi connectivity index (χ0v) is 14.0. The molecule has 1 amide bonds. The van der Waals surface area contributed by atoms with Crippen LogP contribution in [0.3, 0.4) is 0 Å². The molecule has 0 aliphatic carbocycles. The Labute approximate surface area is 136 Å². The summed E-state index contributed by atoms with van der Waals surface area (Å²) in [6, 6.07) is 4.04. The number of likely N-dealkylation sites (tertiary alicyclic amines) is 1. The lowest BCUT2D eigenvalue weighted by Gasteiger charge is -2.35. The molecule has 0 N–H and O–H groups in total. The molecule has 1 aromatic heterocycles. The Balaban J connectivity index is 1.79. The molecule has 3 heterocycles. The van der Waals surface area contributed by atoms with Gasteiger partial charge in [-0.3, -0.25) is 4.79 Å². The number of carbonyl (C=O) groups is 1. The van der Waals surface area contributed by atoms with Crippen LogP contribution in [0.1, 0.15) is 49.4 Å². The summed E-state index contributed by atoms with van der Waals surface area (Å²) in [5, 5.41) is 0. The maximum Gasteiger partial charge on any atom is 0.259 e. The van der Waals surface area contributed by atoms with Crippen LogP contribution in [-0.2, 0) is 0 Å². The van der Waals surface area contributed by atoms with Crippen LogP contribution in [-0.4, -0.2) is 46.0 Å². The maximum absolute atomic E-state index is 13.0. The molecule has 0 bridgehead atoms. The van der Waals surface area contributed by atoms with Gasteiger partial charge in [-0.1, -0.05) is 6.92 Å². The highest BCUT2D eigenvalue weighted by atomic mass is 32.2. The third-order valence-electron chi connectivity index (χ3n) is 4.53. The van der Waals surface area contributed by atoms with E-state index in [4.69, 9.17) is 4.74 Å². The number of hydrogen-bond donors (Lipinski definition) is 0. The summed E-state index contributed by atoms with van der Waals surface area (Å²) in [7, 11) is 0. The minimum Gasteiger partial charge on any atom is -0.473 e. The van der Waals surface area contributed by atoms with Gasteiger partial charge in [-0.05, 0) is 50.0 Å². The zero-order chi connectivity index (χ0) is 15.4. The van der Waals surface area contributed by atoms with E-state index >= 15 is 0 Å². The molecular formula is C17H24N2O2S. The number of piperidine rings is 1. The third-order valence-corrected chi connectivity index (χ3v) is 5.66. The Morgan fingerprint density at radius 1 is 1.45 bits per heavy atom. The van der Waals surface area contributed by atoms with E-state index in [2.05, 4.69) is 11.9 Å². The van der Waals surface area contributed by atoms with E-state index in [9.17, 15) is 4.79 Å². The van der Waals surface area contributed by atoms with Crippen LogP contribution >= 0.6 is 11.8 Å². The molecule has 2 unspecified atom stereocenters. The molecule has 2 fully saturated rings. The smallest absolute Gasteiger partial charge is 0.259 e. The normalized spacial score (nSPS) is 25.2. The summed E-state index contributed by atoms with van der Waals surface area (Å²) in [5.41, 5.74) is 0.625. The number of nitrogens with zero attached hydrogens (tertiary/aromatic N) is 2. The van der Waals surface area contributed by atoms with Crippen molar-refractivity contribution >= 4 is 17.7 Å². The highest BCUT2D eigenvalue weighted by molar-refractivity contribution is 7.99. The van der Waals surface area contributed by atoms with Gasteiger partial charge in [0.05, 0.1) is 0 Å². The molecule has 4 nitrogen and oxygen atoms in total. The zero-order valence-electron chi connectivity index (χ0n) is 13.2. The van der Waals surface area contributed by atoms with E-state index in [1.807, 2.05) is 28.8 Å². The van der Waals surface area contributed by atoms with Crippen molar-refractivity contribution < 1.29 is 9.53 Å². The monoisotopic (exact) mass is 320 g/mol. The summed E-state index contributed by atoms with van der Waals surface area (Å²) in [6.07, 6.45) is 7.38. The lowest BCUT2D eigenvalue weighted by Crippen LogP contribution is -2.43. The second-order valence-corrected chi connectivity index (χ2v) is 7.17. The summed E-state index contributed by atoms with van der Waals surface area (Å²) in [5.74, 6) is 2.72. The molecule has 3 rings (SSSR count). The summed E-state index contributed by atoms with van der Waals surface area (Å²) < 4.78 is 6.01. The fourth-order valence-electron chi connectivity index (χ4n) is 3.26. The molecule has 120 valence electrons. The van der Waals surface area contributed by atoms with Crippen molar-refractivity contribution in [3.05, 3.63) is 23.9 Å². The number of carbonyl (C=O) groups excluding carboxylic acids is 1. The average molecular weight is 320 g/mol. The summed E-state index contributed by atoms with van der Waals surface area (Å²) in [4.78, 5) is 19.3. The van der Waals surface area contributed by atoms with Crippen LogP contribution in [0, 0.1) is 0 Å². The Morgan fingerprint density at radius 2 is 2.36 bits per heavy atom. The molecule has 5 heteroatoms. The van der Waals surface area contributed by atoms with Gasteiger partial charge in [0.1, 0.15) is 11.7 Å². The predicted octanol–water partition coefficient (Wildman–Crippen LogP) is 3.37. The summed E-state index contributed by atoms with van der Waals surface area (Å²) >= 11 is 1.90. The minimum atomic E-state index is 0.0836. The van der Waals surface area contributed by atoms with E-state index in [1.165, 1.54) is 6.42 Å². The molecular weight excluding hydrogens is 296 g/mol. The van der Waals surface area contributed by atoms with Gasteiger partial charge in [0.2, 0.25) is 5.88 Å². The Bertz CT molecular complexity index is 517. The van der Waals surface area contributed by atoms with Crippen LogP contribution in [0.25, 0.3) is 0 Å². The molecule has 22 heavy (non-hydrogen) atoms. The molecule has 0 spiro atoms. The predicted molar refractivity (Wildman–Crippen MR) is 89.6 cm³/mol. The van der Waals surface area contributed by atoms with Gasteiger partial charge in [-0.2, -0.15) is 11.8 Å². The second kappa shape index (κ2) is 7.36. The molecule has 2 saturated heterocycles. The maximum atomic E-state index is 13.0. The molecule has 0 radical (unpaired) electrons. The molecule has 2 aliphatic heterocycles. The first-order chi connectivity index (χ1) is 10.8. The Hall–Kier alpha value is -1.23. The van der Waals surface area contributed by atoms with Gasteiger partial charge in [-0.15, -0.1) is 0 Å². The Morgan fingerprint density at radius 3 is 3.14 bits per heavy atom. The van der Waals surface area contributed by atoms with Gasteiger partial charge in [0.15, 0.2) is 0 Å². The highest BCUT2D eigenvalue weighted by Gasteiger charge is 2.29. The van der Waals surface area contributed by atoms with Crippen molar-refractivity contribution in [2.75, 3.05) is 18.1 Å². The van der Waals surface area contributed by atoms with Crippen molar-refractivity contribution in [2.24, 2.45) is 0 Å². The van der Waals surface area contributed by atoms with E-state index in [1.54, 1.807) is 6.20 Å². The lowest BCUT2D eigenvalue weighted by molar-refractivity contribution is 0.0600. The van der Waals surface area contributed by atoms with E-state index in [0.717, 1.165) is 43.7 Å². The number of hydrogen-bond acceptors (Lipinski definition) is 4. The number of aromatic nitrogens is 1. The highest BCUT2D eigenvalue weighted by Crippen LogP contribution is 2.27. The quantitative estimate of drug-likeness (QED) is 0.853. The van der Waals surface area contributed by atoms with Crippen LogP contribution in [0.5, 0.6) is 5.88 Å². The van der Waals surface area contributed by atoms with Crippen molar-refractivity contribution in [3.8, 4) is 5.88 Å². The Kier molecular flexibility index (Phi) is 5.24. The van der Waals surface area contributed by atoms with Crippen molar-refractivity contribution in [3.63, 3.8) is 0 Å². The van der Waals surface area contributed by atoms with Gasteiger partial charge in [0.25, 0.3) is 5.91 Å². The minimum absolute atomic E-state index is 0.0836. The first-order valence-electron chi connectivity index (χ1n) is 8.30. The average Bonchev–Trinajstić information content (AvgIpc) is 3.08. The fourth-order valence-corrected chi connectivity index (χ4v) is 4.35. The molecule has 0 saturated carbocycles. The van der Waals surface area contributed by atoms with E-state index < -0.39 is 0 Å². The van der Waals surface area contributed by atoms with Gasteiger partial charge < -0.3 is 9.64 Å². The number of thioether (sulfide) groups is 1. The SMILES string of the molecule is CCC1CCCCN1C(=O)c1cccnc1OC1CCSC1. The van der Waals surface area contributed by atoms with Crippen LogP contribution in [0.15, 0.2) is 18.3 Å². The van der Waals surface area contributed by atoms with E-state index in [-0.39, 0.29) is 12.0 Å². The molecule has 2 atom stereocenters. The summed E-state index contributed by atoms with van der Waals surface area (Å²) in [6.45, 7) is 3.01. The first-order valence-corrected chi connectivity index (χ1v) is 9.45. The fraction of sp³-hybridized carbons (Fsp3) is 0.647. The van der Waals surface area contributed by atoms with Crippen LogP contribution < -0.4 is 4.74 Å². The number of rotatable bonds is 4. The number of pyridine rings is 1. The van der Waals surface area contributed by atoms with Gasteiger partial charge in [-0.25, -0.2) is 4.98 Å². The van der Waals surface area contributed by atoms with Gasteiger partial charge in [0, 0.05) is 24.5 Å². The topological polar surface area (TPSA) is 42.4 Å². The largest absolute Gasteiger partial charge is 0.473 e. The lowest BCUT2D eigenvalue weighted by atomic mass is 9.99. The number of ether oxygens (including phenoxy) is 1. The van der Waals surface area contributed by atoms with Gasteiger partial charge >= 0.3 is 0 Å². The van der Waals surface area contributed by atoms with E-state index in [0.29, 0.717) is 17.5 Å². The second-order valence-electron chi connectivity index (χ2n) is 6.02.